The Hall–Kier alpha value is -0.720. The van der Waals surface area contributed by atoms with E-state index in [1.807, 2.05) is 0 Å². The molecule has 0 aliphatic carbocycles. The average Bonchev–Trinajstić information content (AvgIpc) is 2.30. The molecule has 1 aliphatic heterocycles. The zero-order valence-corrected chi connectivity index (χ0v) is 11.2. The van der Waals surface area contributed by atoms with Gasteiger partial charge in [-0.05, 0) is 32.4 Å². The van der Waals surface area contributed by atoms with Gasteiger partial charge in [0.05, 0.1) is 5.25 Å². The standard InChI is InChI=1S/C10H15N3O2S.ClH/c1-8-4-6-12-10(13-8)16(14,15)9-3-2-5-11-7-9;/h4,6,9,11H,2-3,5,7H2,1H3;1H. The van der Waals surface area contributed by atoms with Gasteiger partial charge in [-0.25, -0.2) is 18.4 Å². The van der Waals surface area contributed by atoms with E-state index in [1.165, 1.54) is 6.20 Å². The second-order valence-electron chi connectivity index (χ2n) is 3.99. The second-order valence-corrected chi connectivity index (χ2v) is 6.12. The van der Waals surface area contributed by atoms with Crippen LogP contribution >= 0.6 is 12.4 Å². The molecular weight excluding hydrogens is 262 g/mol. The van der Waals surface area contributed by atoms with Crippen molar-refractivity contribution in [2.24, 2.45) is 0 Å². The van der Waals surface area contributed by atoms with Crippen LogP contribution in [0.3, 0.4) is 0 Å². The number of piperidine rings is 1. The molecule has 1 unspecified atom stereocenters. The highest BCUT2D eigenvalue weighted by molar-refractivity contribution is 7.91. The number of halogens is 1. The minimum atomic E-state index is -3.37. The molecule has 1 fully saturated rings. The largest absolute Gasteiger partial charge is 0.315 e. The number of aromatic nitrogens is 2. The summed E-state index contributed by atoms with van der Waals surface area (Å²) in [4.78, 5) is 7.85. The number of hydrogen-bond acceptors (Lipinski definition) is 5. The SMILES string of the molecule is Cc1ccnc(S(=O)(=O)C2CCCNC2)n1.Cl. The summed E-state index contributed by atoms with van der Waals surface area (Å²) in [5, 5.41) is 2.66. The smallest absolute Gasteiger partial charge is 0.247 e. The summed E-state index contributed by atoms with van der Waals surface area (Å²) >= 11 is 0. The van der Waals surface area contributed by atoms with E-state index in [1.54, 1.807) is 13.0 Å². The summed E-state index contributed by atoms with van der Waals surface area (Å²) in [7, 11) is -3.37. The highest BCUT2D eigenvalue weighted by Crippen LogP contribution is 2.17. The molecule has 1 aromatic heterocycles. The summed E-state index contributed by atoms with van der Waals surface area (Å²) in [6.45, 7) is 3.15. The van der Waals surface area contributed by atoms with Crippen molar-refractivity contribution in [1.82, 2.24) is 15.3 Å². The Kier molecular flexibility index (Phi) is 4.85. The van der Waals surface area contributed by atoms with E-state index < -0.39 is 9.84 Å². The van der Waals surface area contributed by atoms with E-state index in [4.69, 9.17) is 0 Å². The summed E-state index contributed by atoms with van der Waals surface area (Å²) < 4.78 is 24.3. The van der Waals surface area contributed by atoms with Crippen molar-refractivity contribution in [3.8, 4) is 0 Å². The van der Waals surface area contributed by atoms with Gasteiger partial charge in [-0.1, -0.05) is 0 Å². The molecule has 0 saturated carbocycles. The third-order valence-corrected chi connectivity index (χ3v) is 4.70. The summed E-state index contributed by atoms with van der Waals surface area (Å²) in [6, 6.07) is 1.69. The van der Waals surface area contributed by atoms with Crippen LogP contribution in [0.15, 0.2) is 17.4 Å². The van der Waals surface area contributed by atoms with Crippen molar-refractivity contribution >= 4 is 22.2 Å². The summed E-state index contributed by atoms with van der Waals surface area (Å²) in [5.74, 6) is 0. The zero-order valence-electron chi connectivity index (χ0n) is 9.59. The maximum absolute atomic E-state index is 12.2. The van der Waals surface area contributed by atoms with Crippen LogP contribution in [0.25, 0.3) is 0 Å². The number of rotatable bonds is 2. The fraction of sp³-hybridized carbons (Fsp3) is 0.600. The minimum Gasteiger partial charge on any atom is -0.315 e. The third kappa shape index (κ3) is 3.14. The van der Waals surface area contributed by atoms with Gasteiger partial charge in [-0.3, -0.25) is 0 Å². The Balaban J connectivity index is 0.00000144. The molecule has 0 bridgehead atoms. The number of nitrogens with zero attached hydrogens (tertiary/aromatic N) is 2. The first-order chi connectivity index (χ1) is 7.60. The van der Waals surface area contributed by atoms with E-state index in [0.717, 1.165) is 13.0 Å². The molecule has 0 spiro atoms. The minimum absolute atomic E-state index is 0. The number of hydrogen-bond donors (Lipinski definition) is 1. The highest BCUT2D eigenvalue weighted by Gasteiger charge is 2.31. The maximum Gasteiger partial charge on any atom is 0.247 e. The molecule has 17 heavy (non-hydrogen) atoms. The first-order valence-electron chi connectivity index (χ1n) is 5.35. The van der Waals surface area contributed by atoms with Crippen LogP contribution in [-0.2, 0) is 9.84 Å². The molecule has 5 nitrogen and oxygen atoms in total. The molecule has 1 saturated heterocycles. The molecule has 2 heterocycles. The van der Waals surface area contributed by atoms with Crippen molar-refractivity contribution in [1.29, 1.82) is 0 Å². The van der Waals surface area contributed by atoms with Gasteiger partial charge in [0.25, 0.3) is 0 Å². The molecule has 1 N–H and O–H groups in total. The Labute approximate surface area is 107 Å². The van der Waals surface area contributed by atoms with Crippen molar-refractivity contribution in [2.45, 2.75) is 30.2 Å². The van der Waals surface area contributed by atoms with E-state index in [-0.39, 0.29) is 22.8 Å². The Morgan fingerprint density at radius 2 is 2.24 bits per heavy atom. The van der Waals surface area contributed by atoms with Crippen molar-refractivity contribution in [2.75, 3.05) is 13.1 Å². The van der Waals surface area contributed by atoms with Gasteiger partial charge in [0.15, 0.2) is 0 Å². The lowest BCUT2D eigenvalue weighted by Crippen LogP contribution is -2.39. The molecule has 1 aromatic rings. The second kappa shape index (κ2) is 5.75. The lowest BCUT2D eigenvalue weighted by atomic mass is 10.2. The van der Waals surface area contributed by atoms with Crippen LogP contribution in [0, 0.1) is 6.92 Å². The molecule has 0 amide bonds. The van der Waals surface area contributed by atoms with E-state index >= 15 is 0 Å². The summed E-state index contributed by atoms with van der Waals surface area (Å²) in [6.07, 6.45) is 3.06. The Morgan fingerprint density at radius 1 is 1.47 bits per heavy atom. The quantitative estimate of drug-likeness (QED) is 0.807. The molecule has 0 aromatic carbocycles. The van der Waals surface area contributed by atoms with Gasteiger partial charge in [0, 0.05) is 18.4 Å². The van der Waals surface area contributed by atoms with Crippen molar-refractivity contribution in [3.63, 3.8) is 0 Å². The molecule has 96 valence electrons. The highest BCUT2D eigenvalue weighted by atomic mass is 35.5. The normalized spacial score (nSPS) is 20.6. The Morgan fingerprint density at radius 3 is 2.82 bits per heavy atom. The topological polar surface area (TPSA) is 72.0 Å². The Bertz CT molecular complexity index is 472. The van der Waals surface area contributed by atoms with Gasteiger partial charge >= 0.3 is 0 Å². The van der Waals surface area contributed by atoms with Gasteiger partial charge in [-0.15, -0.1) is 12.4 Å². The van der Waals surface area contributed by atoms with Gasteiger partial charge in [0.1, 0.15) is 0 Å². The number of sulfone groups is 1. The molecular formula is C10H16ClN3O2S. The molecule has 1 atom stereocenters. The van der Waals surface area contributed by atoms with E-state index in [9.17, 15) is 8.42 Å². The predicted octanol–water partition coefficient (Wildman–Crippen LogP) is 0.733. The van der Waals surface area contributed by atoms with Gasteiger partial charge in [-0.2, -0.15) is 0 Å². The van der Waals surface area contributed by atoms with Crippen molar-refractivity contribution < 1.29 is 8.42 Å². The van der Waals surface area contributed by atoms with Crippen LogP contribution in [0.1, 0.15) is 18.5 Å². The fourth-order valence-corrected chi connectivity index (χ4v) is 3.39. The average molecular weight is 278 g/mol. The van der Waals surface area contributed by atoms with Crippen LogP contribution in [0.2, 0.25) is 0 Å². The molecule has 1 aliphatic rings. The molecule has 0 radical (unpaired) electrons. The maximum atomic E-state index is 12.2. The van der Waals surface area contributed by atoms with Gasteiger partial charge in [0.2, 0.25) is 15.0 Å². The zero-order chi connectivity index (χ0) is 11.6. The first-order valence-corrected chi connectivity index (χ1v) is 6.89. The van der Waals surface area contributed by atoms with Crippen LogP contribution in [-0.4, -0.2) is 36.7 Å². The lowest BCUT2D eigenvalue weighted by molar-refractivity contribution is 0.493. The monoisotopic (exact) mass is 277 g/mol. The lowest BCUT2D eigenvalue weighted by Gasteiger charge is -2.21. The number of aryl methyl sites for hydroxylation is 1. The number of nitrogens with one attached hydrogen (secondary N) is 1. The van der Waals surface area contributed by atoms with Gasteiger partial charge < -0.3 is 5.32 Å². The molecule has 2 rings (SSSR count). The third-order valence-electron chi connectivity index (χ3n) is 2.72. The molecule has 7 heteroatoms. The van der Waals surface area contributed by atoms with E-state index in [0.29, 0.717) is 18.7 Å². The summed E-state index contributed by atoms with van der Waals surface area (Å²) in [5.41, 5.74) is 0.678. The van der Waals surface area contributed by atoms with Crippen molar-refractivity contribution in [3.05, 3.63) is 18.0 Å². The fourth-order valence-electron chi connectivity index (χ4n) is 1.80. The van der Waals surface area contributed by atoms with Crippen LogP contribution in [0.5, 0.6) is 0 Å². The van der Waals surface area contributed by atoms with Crippen LogP contribution < -0.4 is 5.32 Å². The van der Waals surface area contributed by atoms with Crippen LogP contribution in [0.4, 0.5) is 0 Å². The van der Waals surface area contributed by atoms with E-state index in [2.05, 4.69) is 15.3 Å². The predicted molar refractivity (Wildman–Crippen MR) is 67.1 cm³/mol. The first kappa shape index (κ1) is 14.3.